The number of amides is 1. The van der Waals surface area contributed by atoms with Crippen molar-refractivity contribution in [1.82, 2.24) is 10.6 Å². The average molecular weight is 331 g/mol. The molecule has 1 heterocycles. The lowest BCUT2D eigenvalue weighted by Crippen LogP contribution is -2.39. The Morgan fingerprint density at radius 3 is 2.57 bits per heavy atom. The molecule has 2 aromatic carbocycles. The third-order valence-corrected chi connectivity index (χ3v) is 4.43. The highest BCUT2D eigenvalue weighted by Gasteiger charge is 2.28. The highest BCUT2D eigenvalue weighted by atomic mass is 35.5. The smallest absolute Gasteiger partial charge is 0.237 e. The molecule has 5 heteroatoms. The van der Waals surface area contributed by atoms with E-state index in [0.29, 0.717) is 11.6 Å². The van der Waals surface area contributed by atoms with E-state index in [4.69, 9.17) is 16.3 Å². The SMILES string of the molecule is COc1ccc([C@H](N[C@@H]2CCNC2=O)c2ccccc2Cl)cc1. The number of rotatable bonds is 5. The Labute approximate surface area is 140 Å². The van der Waals surface area contributed by atoms with Crippen LogP contribution >= 0.6 is 11.6 Å². The topological polar surface area (TPSA) is 50.4 Å². The molecular formula is C18H19ClN2O2. The second kappa shape index (κ2) is 7.02. The van der Waals surface area contributed by atoms with Crippen LogP contribution in [-0.4, -0.2) is 25.6 Å². The lowest BCUT2D eigenvalue weighted by molar-refractivity contribution is -0.121. The number of methoxy groups -OCH3 is 1. The Hall–Kier alpha value is -2.04. The lowest BCUT2D eigenvalue weighted by Gasteiger charge is -2.24. The number of carbonyl (C=O) groups excluding carboxylic acids is 1. The van der Waals surface area contributed by atoms with Crippen LogP contribution in [0.1, 0.15) is 23.6 Å². The maximum atomic E-state index is 11.9. The van der Waals surface area contributed by atoms with Gasteiger partial charge in [-0.3, -0.25) is 10.1 Å². The molecular weight excluding hydrogens is 312 g/mol. The van der Waals surface area contributed by atoms with E-state index >= 15 is 0 Å². The summed E-state index contributed by atoms with van der Waals surface area (Å²) in [6.07, 6.45) is 0.774. The van der Waals surface area contributed by atoms with Crippen LogP contribution in [0.25, 0.3) is 0 Å². The third-order valence-electron chi connectivity index (χ3n) is 4.08. The Morgan fingerprint density at radius 1 is 1.22 bits per heavy atom. The molecule has 0 aromatic heterocycles. The van der Waals surface area contributed by atoms with E-state index in [1.807, 2.05) is 48.5 Å². The Morgan fingerprint density at radius 2 is 1.96 bits per heavy atom. The Bertz CT molecular complexity index is 688. The third kappa shape index (κ3) is 3.49. The zero-order chi connectivity index (χ0) is 16.2. The van der Waals surface area contributed by atoms with Crippen molar-refractivity contribution in [2.45, 2.75) is 18.5 Å². The van der Waals surface area contributed by atoms with E-state index < -0.39 is 0 Å². The van der Waals surface area contributed by atoms with Crippen molar-refractivity contribution in [1.29, 1.82) is 0 Å². The molecule has 1 fully saturated rings. The first kappa shape index (κ1) is 15.8. The van der Waals surface area contributed by atoms with Crippen molar-refractivity contribution >= 4 is 17.5 Å². The summed E-state index contributed by atoms with van der Waals surface area (Å²) in [4.78, 5) is 11.9. The second-order valence-corrected chi connectivity index (χ2v) is 5.93. The summed E-state index contributed by atoms with van der Waals surface area (Å²) < 4.78 is 5.22. The minimum atomic E-state index is -0.210. The fourth-order valence-electron chi connectivity index (χ4n) is 2.83. The van der Waals surface area contributed by atoms with Crippen molar-refractivity contribution in [3.05, 3.63) is 64.7 Å². The second-order valence-electron chi connectivity index (χ2n) is 5.53. The summed E-state index contributed by atoms with van der Waals surface area (Å²) in [7, 11) is 1.64. The molecule has 1 amide bonds. The highest BCUT2D eigenvalue weighted by Crippen LogP contribution is 2.30. The fourth-order valence-corrected chi connectivity index (χ4v) is 3.07. The van der Waals surface area contributed by atoms with E-state index in [2.05, 4.69) is 10.6 Å². The van der Waals surface area contributed by atoms with Crippen molar-refractivity contribution in [2.24, 2.45) is 0 Å². The monoisotopic (exact) mass is 330 g/mol. The van der Waals surface area contributed by atoms with Gasteiger partial charge in [0.2, 0.25) is 5.91 Å². The summed E-state index contributed by atoms with van der Waals surface area (Å²) >= 11 is 6.38. The van der Waals surface area contributed by atoms with E-state index in [1.165, 1.54) is 0 Å². The van der Waals surface area contributed by atoms with Crippen LogP contribution in [0.2, 0.25) is 5.02 Å². The Balaban J connectivity index is 1.95. The number of hydrogen-bond acceptors (Lipinski definition) is 3. The van der Waals surface area contributed by atoms with Crippen LogP contribution in [0.5, 0.6) is 5.75 Å². The standard InChI is InChI=1S/C18H19ClN2O2/c1-23-13-8-6-12(7-9-13)17(14-4-2-3-5-15(14)19)21-16-10-11-20-18(16)22/h2-9,16-17,21H,10-11H2,1H3,(H,20,22)/t16-,17+/m1/s1. The van der Waals surface area contributed by atoms with Gasteiger partial charge in [0.25, 0.3) is 0 Å². The quantitative estimate of drug-likeness (QED) is 0.886. The molecule has 0 radical (unpaired) electrons. The summed E-state index contributed by atoms with van der Waals surface area (Å²) in [5.41, 5.74) is 2.00. The zero-order valence-electron chi connectivity index (χ0n) is 12.9. The minimum absolute atomic E-state index is 0.0376. The van der Waals surface area contributed by atoms with Gasteiger partial charge in [0.1, 0.15) is 5.75 Å². The van der Waals surface area contributed by atoms with Crippen molar-refractivity contribution in [3.8, 4) is 5.75 Å². The van der Waals surface area contributed by atoms with Crippen molar-refractivity contribution < 1.29 is 9.53 Å². The molecule has 0 spiro atoms. The largest absolute Gasteiger partial charge is 0.497 e. The maximum Gasteiger partial charge on any atom is 0.237 e. The van der Waals surface area contributed by atoms with Gasteiger partial charge in [0, 0.05) is 11.6 Å². The van der Waals surface area contributed by atoms with Crippen LogP contribution in [0.4, 0.5) is 0 Å². The normalized spacial score (nSPS) is 18.5. The minimum Gasteiger partial charge on any atom is -0.497 e. The van der Waals surface area contributed by atoms with Gasteiger partial charge in [-0.25, -0.2) is 0 Å². The molecule has 2 aromatic rings. The van der Waals surface area contributed by atoms with Gasteiger partial charge in [-0.05, 0) is 35.7 Å². The number of nitrogens with one attached hydrogen (secondary N) is 2. The molecule has 120 valence electrons. The number of benzene rings is 2. The highest BCUT2D eigenvalue weighted by molar-refractivity contribution is 6.31. The predicted octanol–water partition coefficient (Wildman–Crippen LogP) is 2.92. The molecule has 23 heavy (non-hydrogen) atoms. The molecule has 1 aliphatic heterocycles. The number of halogens is 1. The van der Waals surface area contributed by atoms with Crippen LogP contribution in [0.15, 0.2) is 48.5 Å². The van der Waals surface area contributed by atoms with Crippen LogP contribution in [0.3, 0.4) is 0 Å². The molecule has 0 unspecified atom stereocenters. The lowest BCUT2D eigenvalue weighted by atomic mass is 9.97. The number of ether oxygens (including phenoxy) is 1. The Kier molecular flexibility index (Phi) is 4.84. The van der Waals surface area contributed by atoms with Gasteiger partial charge in [-0.2, -0.15) is 0 Å². The molecule has 1 saturated heterocycles. The van der Waals surface area contributed by atoms with E-state index in [1.54, 1.807) is 7.11 Å². The van der Waals surface area contributed by atoms with Gasteiger partial charge >= 0.3 is 0 Å². The van der Waals surface area contributed by atoms with Crippen LogP contribution < -0.4 is 15.4 Å². The summed E-state index contributed by atoms with van der Waals surface area (Å²) in [6, 6.07) is 15.2. The summed E-state index contributed by atoms with van der Waals surface area (Å²) in [6.45, 7) is 0.703. The van der Waals surface area contributed by atoms with Crippen molar-refractivity contribution in [3.63, 3.8) is 0 Å². The number of hydrogen-bond donors (Lipinski definition) is 2. The molecule has 3 rings (SSSR count). The average Bonchev–Trinajstić information content (AvgIpc) is 2.98. The fraction of sp³-hybridized carbons (Fsp3) is 0.278. The molecule has 0 bridgehead atoms. The zero-order valence-corrected chi connectivity index (χ0v) is 13.6. The number of carbonyl (C=O) groups is 1. The van der Waals surface area contributed by atoms with E-state index in [-0.39, 0.29) is 18.0 Å². The summed E-state index contributed by atoms with van der Waals surface area (Å²) in [5, 5.41) is 6.98. The maximum absolute atomic E-state index is 11.9. The first-order valence-corrected chi connectivity index (χ1v) is 7.99. The molecule has 1 aliphatic rings. The molecule has 2 atom stereocenters. The molecule has 0 aliphatic carbocycles. The first-order valence-electron chi connectivity index (χ1n) is 7.61. The van der Waals surface area contributed by atoms with Crippen LogP contribution in [0, 0.1) is 0 Å². The van der Waals surface area contributed by atoms with Gasteiger partial charge in [0.15, 0.2) is 0 Å². The van der Waals surface area contributed by atoms with Crippen LogP contribution in [-0.2, 0) is 4.79 Å². The van der Waals surface area contributed by atoms with E-state index in [0.717, 1.165) is 23.3 Å². The predicted molar refractivity (Wildman–Crippen MR) is 90.8 cm³/mol. The van der Waals surface area contributed by atoms with Gasteiger partial charge in [-0.15, -0.1) is 0 Å². The molecule has 2 N–H and O–H groups in total. The van der Waals surface area contributed by atoms with Gasteiger partial charge in [-0.1, -0.05) is 41.9 Å². The molecule has 4 nitrogen and oxygen atoms in total. The van der Waals surface area contributed by atoms with E-state index in [9.17, 15) is 4.79 Å². The first-order chi connectivity index (χ1) is 11.2. The molecule has 0 saturated carbocycles. The van der Waals surface area contributed by atoms with Gasteiger partial charge in [0.05, 0.1) is 19.2 Å². The van der Waals surface area contributed by atoms with Crippen molar-refractivity contribution in [2.75, 3.05) is 13.7 Å². The summed E-state index contributed by atoms with van der Waals surface area (Å²) in [5.74, 6) is 0.834. The van der Waals surface area contributed by atoms with Gasteiger partial charge < -0.3 is 10.1 Å².